The SMILES string of the molecule is COc1ccc(S(=O)(=O)NCCOc2ccc(C)c(Cl)c2)cc1N1C(=O)CCC1=O. The first-order valence-corrected chi connectivity index (χ1v) is 11.0. The summed E-state index contributed by atoms with van der Waals surface area (Å²) in [5.74, 6) is -0.0309. The zero-order valence-electron chi connectivity index (χ0n) is 16.5. The van der Waals surface area contributed by atoms with E-state index in [9.17, 15) is 18.0 Å². The van der Waals surface area contributed by atoms with Crippen molar-refractivity contribution in [3.63, 3.8) is 0 Å². The molecule has 10 heteroatoms. The molecule has 0 radical (unpaired) electrons. The average molecular weight is 453 g/mol. The summed E-state index contributed by atoms with van der Waals surface area (Å²) in [4.78, 5) is 25.0. The zero-order chi connectivity index (χ0) is 21.9. The van der Waals surface area contributed by atoms with Crippen molar-refractivity contribution in [2.45, 2.75) is 24.7 Å². The Morgan fingerprint density at radius 2 is 1.80 bits per heavy atom. The number of nitrogens with zero attached hydrogens (tertiary/aromatic N) is 1. The van der Waals surface area contributed by atoms with Gasteiger partial charge in [-0.2, -0.15) is 0 Å². The Morgan fingerprint density at radius 3 is 2.43 bits per heavy atom. The van der Waals surface area contributed by atoms with Crippen LogP contribution in [0.5, 0.6) is 11.5 Å². The van der Waals surface area contributed by atoms with Crippen LogP contribution in [0.1, 0.15) is 18.4 Å². The molecule has 3 rings (SSSR count). The third-order valence-corrected chi connectivity index (χ3v) is 6.43. The molecule has 2 aromatic rings. The molecule has 1 fully saturated rings. The van der Waals surface area contributed by atoms with Crippen LogP contribution in [0.15, 0.2) is 41.3 Å². The molecule has 8 nitrogen and oxygen atoms in total. The van der Waals surface area contributed by atoms with E-state index in [1.54, 1.807) is 12.1 Å². The number of anilines is 1. The Labute approximate surface area is 179 Å². The molecule has 0 aliphatic carbocycles. The summed E-state index contributed by atoms with van der Waals surface area (Å²) in [5, 5.41) is 0.560. The third kappa shape index (κ3) is 4.75. The third-order valence-electron chi connectivity index (χ3n) is 4.56. The Morgan fingerprint density at radius 1 is 1.10 bits per heavy atom. The Hall–Kier alpha value is -2.62. The number of methoxy groups -OCH3 is 1. The lowest BCUT2D eigenvalue weighted by Crippen LogP contribution is -2.30. The molecule has 1 heterocycles. The molecule has 0 saturated carbocycles. The lowest BCUT2D eigenvalue weighted by atomic mass is 10.2. The standard InChI is InChI=1S/C20H21ClN2O6S/c1-13-3-4-14(11-16(13)21)29-10-9-22-30(26,27)15-5-6-18(28-2)17(12-15)23-19(24)7-8-20(23)25/h3-6,11-12,22H,7-10H2,1-2H3. The van der Waals surface area contributed by atoms with Gasteiger partial charge in [-0.15, -0.1) is 0 Å². The van der Waals surface area contributed by atoms with E-state index in [4.69, 9.17) is 21.1 Å². The van der Waals surface area contributed by atoms with Crippen molar-refractivity contribution in [2.75, 3.05) is 25.2 Å². The summed E-state index contributed by atoms with van der Waals surface area (Å²) in [7, 11) is -2.52. The maximum atomic E-state index is 12.7. The highest BCUT2D eigenvalue weighted by molar-refractivity contribution is 7.89. The molecule has 1 N–H and O–H groups in total. The van der Waals surface area contributed by atoms with Crippen LogP contribution in [0.3, 0.4) is 0 Å². The molecule has 0 spiro atoms. The van der Waals surface area contributed by atoms with E-state index in [0.717, 1.165) is 10.5 Å². The summed E-state index contributed by atoms with van der Waals surface area (Å²) in [5.41, 5.74) is 1.02. The number of benzene rings is 2. The number of amides is 2. The number of hydrogen-bond donors (Lipinski definition) is 1. The zero-order valence-corrected chi connectivity index (χ0v) is 18.0. The van der Waals surface area contributed by atoms with E-state index >= 15 is 0 Å². The van der Waals surface area contributed by atoms with Crippen LogP contribution in [-0.2, 0) is 19.6 Å². The predicted molar refractivity (Wildman–Crippen MR) is 112 cm³/mol. The van der Waals surface area contributed by atoms with Crippen molar-refractivity contribution in [3.8, 4) is 11.5 Å². The van der Waals surface area contributed by atoms with E-state index in [1.165, 1.54) is 25.3 Å². The number of carbonyl (C=O) groups is 2. The minimum atomic E-state index is -3.90. The summed E-state index contributed by atoms with van der Waals surface area (Å²) in [6, 6.07) is 9.22. The molecule has 30 heavy (non-hydrogen) atoms. The summed E-state index contributed by atoms with van der Waals surface area (Å²) in [6.07, 6.45) is 0.162. The highest BCUT2D eigenvalue weighted by atomic mass is 35.5. The smallest absolute Gasteiger partial charge is 0.240 e. The molecule has 0 aromatic heterocycles. The molecule has 0 unspecified atom stereocenters. The van der Waals surface area contributed by atoms with E-state index < -0.39 is 21.8 Å². The number of hydrogen-bond acceptors (Lipinski definition) is 6. The second kappa shape index (κ2) is 9.03. The van der Waals surface area contributed by atoms with Crippen molar-refractivity contribution in [2.24, 2.45) is 0 Å². The number of ether oxygens (including phenoxy) is 2. The van der Waals surface area contributed by atoms with Gasteiger partial charge in [0.05, 0.1) is 17.7 Å². The molecule has 1 aliphatic heterocycles. The first-order valence-electron chi connectivity index (χ1n) is 9.15. The van der Waals surface area contributed by atoms with E-state index in [-0.39, 0.29) is 42.3 Å². The van der Waals surface area contributed by atoms with E-state index in [0.29, 0.717) is 10.8 Å². The summed E-state index contributed by atoms with van der Waals surface area (Å²) >= 11 is 6.04. The second-order valence-corrected chi connectivity index (χ2v) is 8.79. The van der Waals surface area contributed by atoms with Crippen LogP contribution in [0, 0.1) is 6.92 Å². The summed E-state index contributed by atoms with van der Waals surface area (Å²) in [6.45, 7) is 1.97. The van der Waals surface area contributed by atoms with Gasteiger partial charge in [0.1, 0.15) is 18.1 Å². The Kier molecular flexibility index (Phi) is 6.64. The van der Waals surface area contributed by atoms with Gasteiger partial charge in [-0.25, -0.2) is 18.0 Å². The van der Waals surface area contributed by atoms with Gasteiger partial charge in [0.25, 0.3) is 0 Å². The lowest BCUT2D eigenvalue weighted by Gasteiger charge is -2.18. The fourth-order valence-corrected chi connectivity index (χ4v) is 4.15. The van der Waals surface area contributed by atoms with Crippen molar-refractivity contribution < 1.29 is 27.5 Å². The van der Waals surface area contributed by atoms with Gasteiger partial charge in [-0.1, -0.05) is 17.7 Å². The van der Waals surface area contributed by atoms with Crippen LogP contribution in [0.2, 0.25) is 5.02 Å². The largest absolute Gasteiger partial charge is 0.495 e. The fourth-order valence-electron chi connectivity index (χ4n) is 2.95. The van der Waals surface area contributed by atoms with Crippen molar-refractivity contribution >= 4 is 39.1 Å². The molecule has 1 aliphatic rings. The van der Waals surface area contributed by atoms with Gasteiger partial charge in [-0.3, -0.25) is 9.59 Å². The van der Waals surface area contributed by atoms with Gasteiger partial charge in [0, 0.05) is 24.4 Å². The molecule has 2 aromatic carbocycles. The molecule has 0 bridgehead atoms. The van der Waals surface area contributed by atoms with Crippen LogP contribution in [0.4, 0.5) is 5.69 Å². The molecule has 0 atom stereocenters. The quantitative estimate of drug-likeness (QED) is 0.488. The predicted octanol–water partition coefficient (Wildman–Crippen LogP) is 2.67. The number of halogens is 1. The van der Waals surface area contributed by atoms with Crippen LogP contribution < -0.4 is 19.1 Å². The van der Waals surface area contributed by atoms with Gasteiger partial charge in [-0.05, 0) is 42.8 Å². The number of imide groups is 1. The molecule has 160 valence electrons. The summed E-state index contributed by atoms with van der Waals surface area (Å²) < 4.78 is 38.5. The van der Waals surface area contributed by atoms with Gasteiger partial charge in [0.2, 0.25) is 21.8 Å². The van der Waals surface area contributed by atoms with Crippen molar-refractivity contribution in [1.29, 1.82) is 0 Å². The monoisotopic (exact) mass is 452 g/mol. The number of sulfonamides is 1. The van der Waals surface area contributed by atoms with E-state index in [1.807, 2.05) is 13.0 Å². The normalized spacial score (nSPS) is 14.3. The van der Waals surface area contributed by atoms with E-state index in [2.05, 4.69) is 4.72 Å². The number of nitrogens with one attached hydrogen (secondary N) is 1. The number of aryl methyl sites for hydroxylation is 1. The maximum absolute atomic E-state index is 12.7. The van der Waals surface area contributed by atoms with Crippen LogP contribution in [-0.4, -0.2) is 40.5 Å². The van der Waals surface area contributed by atoms with Crippen molar-refractivity contribution in [3.05, 3.63) is 47.0 Å². The molecular weight excluding hydrogens is 432 g/mol. The van der Waals surface area contributed by atoms with Crippen molar-refractivity contribution in [1.82, 2.24) is 4.72 Å². The minimum Gasteiger partial charge on any atom is -0.495 e. The van der Waals surface area contributed by atoms with Crippen LogP contribution in [0.25, 0.3) is 0 Å². The first-order chi connectivity index (χ1) is 14.2. The topological polar surface area (TPSA) is 102 Å². The van der Waals surface area contributed by atoms with Crippen LogP contribution >= 0.6 is 11.6 Å². The van der Waals surface area contributed by atoms with Gasteiger partial charge >= 0.3 is 0 Å². The van der Waals surface area contributed by atoms with Gasteiger partial charge < -0.3 is 9.47 Å². The Bertz CT molecular complexity index is 1070. The molecular formula is C20H21ClN2O6S. The first kappa shape index (κ1) is 22.1. The Balaban J connectivity index is 1.71. The minimum absolute atomic E-state index is 0.0107. The molecule has 1 saturated heterocycles. The number of carbonyl (C=O) groups excluding carboxylic acids is 2. The second-order valence-electron chi connectivity index (χ2n) is 6.61. The lowest BCUT2D eigenvalue weighted by molar-refractivity contribution is -0.121. The van der Waals surface area contributed by atoms with Gasteiger partial charge in [0.15, 0.2) is 0 Å². The number of rotatable bonds is 8. The highest BCUT2D eigenvalue weighted by Crippen LogP contribution is 2.34. The molecule has 2 amide bonds. The average Bonchev–Trinajstić information content (AvgIpc) is 3.05. The maximum Gasteiger partial charge on any atom is 0.240 e. The highest BCUT2D eigenvalue weighted by Gasteiger charge is 2.33. The fraction of sp³-hybridized carbons (Fsp3) is 0.300.